The highest BCUT2D eigenvalue weighted by molar-refractivity contribution is 5.51. The zero-order chi connectivity index (χ0) is 19.9. The number of phenolic OH excluding ortho intramolecular Hbond substituents is 1. The minimum absolute atomic E-state index is 0. The molecule has 0 spiro atoms. The van der Waals surface area contributed by atoms with Gasteiger partial charge in [0.15, 0.2) is 0 Å². The van der Waals surface area contributed by atoms with Gasteiger partial charge >= 0.3 is 0 Å². The van der Waals surface area contributed by atoms with Crippen molar-refractivity contribution in [2.24, 2.45) is 0 Å². The first-order chi connectivity index (χ1) is 12.9. The van der Waals surface area contributed by atoms with E-state index in [4.69, 9.17) is 11.5 Å². The Kier molecular flexibility index (Phi) is 9.42. The maximum absolute atomic E-state index is 10.2. The van der Waals surface area contributed by atoms with E-state index in [1.165, 1.54) is 0 Å². The molecule has 5 nitrogen and oxygen atoms in total. The summed E-state index contributed by atoms with van der Waals surface area (Å²) in [5.41, 5.74) is 15.2. The minimum atomic E-state index is 0. The number of halogens is 1. The van der Waals surface area contributed by atoms with Gasteiger partial charge in [-0.2, -0.15) is 0 Å². The van der Waals surface area contributed by atoms with Crippen LogP contribution in [0.2, 0.25) is 0 Å². The van der Waals surface area contributed by atoms with Crippen LogP contribution in [0.15, 0.2) is 42.5 Å². The number of aromatic hydroxyl groups is 1. The van der Waals surface area contributed by atoms with E-state index in [-0.39, 0.29) is 12.4 Å². The molecule has 0 saturated carbocycles. The van der Waals surface area contributed by atoms with Crippen LogP contribution in [-0.4, -0.2) is 35.3 Å². The summed E-state index contributed by atoms with van der Waals surface area (Å²) in [6.07, 6.45) is 2.21. The van der Waals surface area contributed by atoms with Crippen molar-refractivity contribution in [1.29, 1.82) is 0 Å². The van der Waals surface area contributed by atoms with Gasteiger partial charge in [-0.15, -0.1) is 0 Å². The number of rotatable bonds is 10. The van der Waals surface area contributed by atoms with E-state index in [1.54, 1.807) is 12.1 Å². The average molecular weight is 407 g/mol. The molecule has 0 aromatic heterocycles. The maximum atomic E-state index is 10.2. The number of benzene rings is 2. The molecule has 6 N–H and O–H groups in total. The number of phenols is 1. The first kappa shape index (κ1) is 23.9. The van der Waals surface area contributed by atoms with E-state index in [1.807, 2.05) is 30.3 Å². The third-order valence-corrected chi connectivity index (χ3v) is 5.54. The van der Waals surface area contributed by atoms with Crippen molar-refractivity contribution < 1.29 is 22.0 Å². The quantitative estimate of drug-likeness (QED) is 0.271. The molecule has 0 saturated heterocycles. The predicted octanol–water partition coefficient (Wildman–Crippen LogP) is 1.20. The molecule has 2 rings (SSSR count). The van der Waals surface area contributed by atoms with E-state index in [0.29, 0.717) is 17.5 Å². The topological polar surface area (TPSA) is 84.3 Å². The van der Waals surface area contributed by atoms with Crippen LogP contribution in [0.1, 0.15) is 39.2 Å². The van der Waals surface area contributed by atoms with Crippen LogP contribution in [0.4, 0.5) is 17.1 Å². The number of quaternary nitrogens is 1. The SMILES string of the molecule is CC[N+](CC)(CCCC(C)Nc1ccc(N)cc1)Cc1cc(N)ccc1O.[Cl-]. The third-order valence-electron chi connectivity index (χ3n) is 5.54. The molecule has 0 aliphatic heterocycles. The van der Waals surface area contributed by atoms with Gasteiger partial charge in [-0.3, -0.25) is 0 Å². The van der Waals surface area contributed by atoms with E-state index in [9.17, 15) is 5.11 Å². The number of hydrogen-bond acceptors (Lipinski definition) is 4. The Bertz CT molecular complexity index is 717. The lowest BCUT2D eigenvalue weighted by atomic mass is 10.1. The summed E-state index contributed by atoms with van der Waals surface area (Å²) in [5, 5.41) is 13.7. The smallest absolute Gasteiger partial charge is 0.124 e. The van der Waals surface area contributed by atoms with Gasteiger partial charge in [0, 0.05) is 23.1 Å². The Morgan fingerprint density at radius 1 is 1.00 bits per heavy atom. The fourth-order valence-electron chi connectivity index (χ4n) is 3.60. The molecule has 6 heteroatoms. The summed E-state index contributed by atoms with van der Waals surface area (Å²) in [4.78, 5) is 0. The fourth-order valence-corrected chi connectivity index (χ4v) is 3.60. The van der Waals surface area contributed by atoms with Crippen molar-refractivity contribution in [1.82, 2.24) is 0 Å². The lowest BCUT2D eigenvalue weighted by Crippen LogP contribution is -3.00. The minimum Gasteiger partial charge on any atom is -1.00 e. The Balaban J connectivity index is 0.00000392. The molecule has 0 heterocycles. The molecular formula is C22H35ClN4O. The first-order valence-electron chi connectivity index (χ1n) is 9.92. The molecule has 2 aromatic carbocycles. The molecule has 0 amide bonds. The number of nitrogens with two attached hydrogens (primary N) is 2. The third kappa shape index (κ3) is 6.80. The number of hydrogen-bond donors (Lipinski definition) is 4. The predicted molar refractivity (Wildman–Crippen MR) is 116 cm³/mol. The number of nitrogens with zero attached hydrogens (tertiary/aromatic N) is 1. The molecule has 1 unspecified atom stereocenters. The van der Waals surface area contributed by atoms with Crippen LogP contribution in [-0.2, 0) is 6.54 Å². The van der Waals surface area contributed by atoms with Gasteiger partial charge < -0.3 is 38.8 Å². The Morgan fingerprint density at radius 3 is 2.21 bits per heavy atom. The van der Waals surface area contributed by atoms with Crippen molar-refractivity contribution in [3.05, 3.63) is 48.0 Å². The second-order valence-electron chi connectivity index (χ2n) is 7.55. The lowest BCUT2D eigenvalue weighted by molar-refractivity contribution is -0.938. The Labute approximate surface area is 175 Å². The largest absolute Gasteiger partial charge is 1.00 e. The van der Waals surface area contributed by atoms with Gasteiger partial charge in [-0.25, -0.2) is 0 Å². The Hall–Kier alpha value is -2.11. The van der Waals surface area contributed by atoms with E-state index in [0.717, 1.165) is 60.4 Å². The molecular weight excluding hydrogens is 372 g/mol. The maximum Gasteiger partial charge on any atom is 0.124 e. The van der Waals surface area contributed by atoms with E-state index < -0.39 is 0 Å². The molecule has 0 radical (unpaired) electrons. The standard InChI is InChI=1S/C22H34N4O.ClH/c1-4-26(5-2,16-18-15-20(24)10-13-22(18)27)14-6-7-17(3)25-21-11-8-19(23)9-12-21;/h8-13,15,17,25H,4-7,14,16,23-24H2,1-3H3;1H. The monoisotopic (exact) mass is 406 g/mol. The van der Waals surface area contributed by atoms with Gasteiger partial charge in [0.1, 0.15) is 12.3 Å². The van der Waals surface area contributed by atoms with Crippen molar-refractivity contribution in [3.8, 4) is 5.75 Å². The zero-order valence-electron chi connectivity index (χ0n) is 17.3. The van der Waals surface area contributed by atoms with Crippen LogP contribution < -0.4 is 29.2 Å². The van der Waals surface area contributed by atoms with Crippen molar-refractivity contribution in [2.75, 3.05) is 36.4 Å². The van der Waals surface area contributed by atoms with Gasteiger partial charge in [0.2, 0.25) is 0 Å². The van der Waals surface area contributed by atoms with Crippen LogP contribution in [0.3, 0.4) is 0 Å². The first-order valence-corrected chi connectivity index (χ1v) is 9.92. The highest BCUT2D eigenvalue weighted by Gasteiger charge is 2.25. The number of anilines is 3. The van der Waals surface area contributed by atoms with Crippen molar-refractivity contribution >= 4 is 17.1 Å². The second kappa shape index (κ2) is 11.0. The van der Waals surface area contributed by atoms with E-state index >= 15 is 0 Å². The molecule has 0 aliphatic rings. The normalized spacial score (nSPS) is 12.2. The van der Waals surface area contributed by atoms with Crippen LogP contribution in [0, 0.1) is 0 Å². The molecule has 2 aromatic rings. The second-order valence-corrected chi connectivity index (χ2v) is 7.55. The summed E-state index contributed by atoms with van der Waals surface area (Å²) in [5.74, 6) is 0.340. The zero-order valence-corrected chi connectivity index (χ0v) is 18.0. The molecule has 0 bridgehead atoms. The lowest BCUT2D eigenvalue weighted by Gasteiger charge is -2.37. The highest BCUT2D eigenvalue weighted by atomic mass is 35.5. The summed E-state index contributed by atoms with van der Waals surface area (Å²) in [6, 6.07) is 13.6. The van der Waals surface area contributed by atoms with Crippen molar-refractivity contribution in [3.63, 3.8) is 0 Å². The van der Waals surface area contributed by atoms with Crippen LogP contribution in [0.5, 0.6) is 5.75 Å². The summed E-state index contributed by atoms with van der Waals surface area (Å²) >= 11 is 0. The summed E-state index contributed by atoms with van der Waals surface area (Å²) in [6.45, 7) is 10.6. The molecule has 1 atom stereocenters. The van der Waals surface area contributed by atoms with Gasteiger partial charge in [-0.05, 0) is 76.1 Å². The highest BCUT2D eigenvalue weighted by Crippen LogP contribution is 2.25. The number of nitrogen functional groups attached to an aromatic ring is 2. The fraction of sp³-hybridized carbons (Fsp3) is 0.455. The molecule has 0 aliphatic carbocycles. The van der Waals surface area contributed by atoms with Crippen LogP contribution >= 0.6 is 0 Å². The van der Waals surface area contributed by atoms with Gasteiger partial charge in [0.05, 0.1) is 25.2 Å². The molecule has 156 valence electrons. The number of nitrogens with one attached hydrogen (secondary N) is 1. The van der Waals surface area contributed by atoms with E-state index in [2.05, 4.69) is 26.1 Å². The molecule has 28 heavy (non-hydrogen) atoms. The van der Waals surface area contributed by atoms with Crippen molar-refractivity contribution in [2.45, 2.75) is 46.2 Å². The van der Waals surface area contributed by atoms with Gasteiger partial charge in [-0.1, -0.05) is 0 Å². The van der Waals surface area contributed by atoms with Gasteiger partial charge in [0.25, 0.3) is 0 Å². The summed E-state index contributed by atoms with van der Waals surface area (Å²) in [7, 11) is 0. The molecule has 0 fully saturated rings. The Morgan fingerprint density at radius 2 is 1.61 bits per heavy atom. The summed E-state index contributed by atoms with van der Waals surface area (Å²) < 4.78 is 0.950. The average Bonchev–Trinajstić information content (AvgIpc) is 2.65. The van der Waals surface area contributed by atoms with Crippen LogP contribution in [0.25, 0.3) is 0 Å².